The molecule has 1 heterocycles. The SMILES string of the molecule is CC(CCCl)CCN1CCN(C(C)C)C(=O)C1=O. The van der Waals surface area contributed by atoms with Crippen LogP contribution in [-0.4, -0.2) is 53.2 Å². The fourth-order valence-electron chi connectivity index (χ4n) is 2.10. The summed E-state index contributed by atoms with van der Waals surface area (Å²) in [4.78, 5) is 27.1. The molecule has 0 bridgehead atoms. The molecular formula is C13H23ClN2O2. The van der Waals surface area contributed by atoms with Crippen LogP contribution >= 0.6 is 11.6 Å². The van der Waals surface area contributed by atoms with Gasteiger partial charge in [-0.2, -0.15) is 0 Å². The lowest BCUT2D eigenvalue weighted by atomic mass is 10.0. The van der Waals surface area contributed by atoms with Crippen molar-refractivity contribution in [3.63, 3.8) is 0 Å². The maximum absolute atomic E-state index is 11.9. The fourth-order valence-corrected chi connectivity index (χ4v) is 2.48. The molecule has 2 amide bonds. The van der Waals surface area contributed by atoms with E-state index in [1.165, 1.54) is 0 Å². The number of hydrogen-bond acceptors (Lipinski definition) is 2. The lowest BCUT2D eigenvalue weighted by molar-refractivity contribution is -0.157. The van der Waals surface area contributed by atoms with E-state index in [1.807, 2.05) is 13.8 Å². The van der Waals surface area contributed by atoms with Crippen molar-refractivity contribution in [2.24, 2.45) is 5.92 Å². The number of halogens is 1. The smallest absolute Gasteiger partial charge is 0.312 e. The molecule has 4 nitrogen and oxygen atoms in total. The Bertz CT molecular complexity index is 307. The van der Waals surface area contributed by atoms with Crippen LogP contribution in [0.5, 0.6) is 0 Å². The van der Waals surface area contributed by atoms with Gasteiger partial charge < -0.3 is 9.80 Å². The van der Waals surface area contributed by atoms with Crippen LogP contribution in [0.3, 0.4) is 0 Å². The first-order chi connectivity index (χ1) is 8.47. The van der Waals surface area contributed by atoms with Crippen molar-refractivity contribution in [3.8, 4) is 0 Å². The molecule has 1 unspecified atom stereocenters. The van der Waals surface area contributed by atoms with Crippen LogP contribution < -0.4 is 0 Å². The number of hydrogen-bond donors (Lipinski definition) is 0. The molecule has 1 aliphatic heterocycles. The summed E-state index contributed by atoms with van der Waals surface area (Å²) in [6.07, 6.45) is 1.86. The van der Waals surface area contributed by atoms with Gasteiger partial charge in [0.2, 0.25) is 0 Å². The van der Waals surface area contributed by atoms with Crippen LogP contribution in [0.15, 0.2) is 0 Å². The standard InChI is InChI=1S/C13H23ClN2O2/c1-10(2)16-9-8-15(12(17)13(16)18)7-5-11(3)4-6-14/h10-11H,4-9H2,1-3H3. The third-order valence-corrected chi connectivity index (χ3v) is 3.68. The highest BCUT2D eigenvalue weighted by Crippen LogP contribution is 2.13. The zero-order valence-electron chi connectivity index (χ0n) is 11.5. The summed E-state index contributed by atoms with van der Waals surface area (Å²) in [5, 5.41) is 0. The van der Waals surface area contributed by atoms with Gasteiger partial charge >= 0.3 is 11.8 Å². The number of piperazine rings is 1. The van der Waals surface area contributed by atoms with Gasteiger partial charge in [0.25, 0.3) is 0 Å². The minimum atomic E-state index is -0.360. The van der Waals surface area contributed by atoms with Gasteiger partial charge in [-0.15, -0.1) is 11.6 Å². The average Bonchev–Trinajstić information content (AvgIpc) is 2.31. The molecule has 1 rings (SSSR count). The monoisotopic (exact) mass is 274 g/mol. The van der Waals surface area contributed by atoms with E-state index in [2.05, 4.69) is 6.92 Å². The highest BCUT2D eigenvalue weighted by Gasteiger charge is 2.33. The molecule has 0 aromatic heterocycles. The molecule has 5 heteroatoms. The summed E-state index contributed by atoms with van der Waals surface area (Å²) in [7, 11) is 0. The second-order valence-electron chi connectivity index (χ2n) is 5.26. The van der Waals surface area contributed by atoms with Gasteiger partial charge in [-0.1, -0.05) is 6.92 Å². The Morgan fingerprint density at radius 2 is 1.78 bits per heavy atom. The molecule has 0 spiro atoms. The third-order valence-electron chi connectivity index (χ3n) is 3.46. The normalized spacial score (nSPS) is 18.7. The molecule has 1 aliphatic rings. The molecular weight excluding hydrogens is 252 g/mol. The summed E-state index contributed by atoms with van der Waals surface area (Å²) in [5.74, 6) is 0.428. The Hall–Kier alpha value is -0.770. The summed E-state index contributed by atoms with van der Waals surface area (Å²) >= 11 is 5.68. The number of alkyl halides is 1. The van der Waals surface area contributed by atoms with Crippen LogP contribution in [-0.2, 0) is 9.59 Å². The molecule has 1 saturated heterocycles. The van der Waals surface area contributed by atoms with Crippen molar-refractivity contribution in [1.29, 1.82) is 0 Å². The van der Waals surface area contributed by atoms with E-state index in [9.17, 15) is 9.59 Å². The van der Waals surface area contributed by atoms with E-state index in [0.717, 1.165) is 12.8 Å². The minimum Gasteiger partial charge on any atom is -0.333 e. The Kier molecular flexibility index (Phi) is 5.93. The van der Waals surface area contributed by atoms with E-state index >= 15 is 0 Å². The first kappa shape index (κ1) is 15.3. The zero-order valence-corrected chi connectivity index (χ0v) is 12.2. The molecule has 1 fully saturated rings. The Morgan fingerprint density at radius 1 is 1.11 bits per heavy atom. The van der Waals surface area contributed by atoms with Crippen molar-refractivity contribution in [1.82, 2.24) is 9.80 Å². The number of carbonyl (C=O) groups excluding carboxylic acids is 2. The van der Waals surface area contributed by atoms with Crippen LogP contribution in [0.2, 0.25) is 0 Å². The molecule has 0 radical (unpaired) electrons. The summed E-state index contributed by atoms with van der Waals surface area (Å²) in [6.45, 7) is 7.95. The van der Waals surface area contributed by atoms with Crippen molar-refractivity contribution in [2.45, 2.75) is 39.7 Å². The maximum atomic E-state index is 11.9. The van der Waals surface area contributed by atoms with E-state index in [-0.39, 0.29) is 17.9 Å². The van der Waals surface area contributed by atoms with Gasteiger partial charge in [0.15, 0.2) is 0 Å². The largest absolute Gasteiger partial charge is 0.333 e. The van der Waals surface area contributed by atoms with E-state index in [4.69, 9.17) is 11.6 Å². The highest BCUT2D eigenvalue weighted by molar-refractivity contribution is 6.35. The van der Waals surface area contributed by atoms with Crippen LogP contribution in [0.4, 0.5) is 0 Å². The lowest BCUT2D eigenvalue weighted by Crippen LogP contribution is -2.56. The van der Waals surface area contributed by atoms with Gasteiger partial charge in [-0.05, 0) is 32.6 Å². The van der Waals surface area contributed by atoms with Crippen molar-refractivity contribution < 1.29 is 9.59 Å². The highest BCUT2D eigenvalue weighted by atomic mass is 35.5. The lowest BCUT2D eigenvalue weighted by Gasteiger charge is -2.36. The number of nitrogens with zero attached hydrogens (tertiary/aromatic N) is 2. The van der Waals surface area contributed by atoms with Gasteiger partial charge in [0.05, 0.1) is 0 Å². The maximum Gasteiger partial charge on any atom is 0.312 e. The van der Waals surface area contributed by atoms with Crippen LogP contribution in [0.25, 0.3) is 0 Å². The first-order valence-corrected chi connectivity index (χ1v) is 7.16. The van der Waals surface area contributed by atoms with Crippen molar-refractivity contribution >= 4 is 23.4 Å². The molecule has 0 saturated carbocycles. The minimum absolute atomic E-state index is 0.0961. The Labute approximate surface area is 114 Å². The number of carbonyl (C=O) groups is 2. The molecule has 0 aromatic carbocycles. The molecule has 1 atom stereocenters. The first-order valence-electron chi connectivity index (χ1n) is 6.63. The molecule has 0 N–H and O–H groups in total. The fraction of sp³-hybridized carbons (Fsp3) is 0.846. The van der Waals surface area contributed by atoms with Gasteiger partial charge in [0, 0.05) is 31.6 Å². The molecule has 0 aromatic rings. The van der Waals surface area contributed by atoms with Gasteiger partial charge in [0.1, 0.15) is 0 Å². The van der Waals surface area contributed by atoms with Gasteiger partial charge in [-0.25, -0.2) is 0 Å². The predicted octanol–water partition coefficient (Wildman–Crippen LogP) is 1.72. The quantitative estimate of drug-likeness (QED) is 0.547. The third kappa shape index (κ3) is 3.87. The van der Waals surface area contributed by atoms with Gasteiger partial charge in [-0.3, -0.25) is 9.59 Å². The van der Waals surface area contributed by atoms with Crippen molar-refractivity contribution in [2.75, 3.05) is 25.5 Å². The second kappa shape index (κ2) is 6.98. The summed E-state index contributed by atoms with van der Waals surface area (Å²) in [6, 6.07) is 0.0961. The van der Waals surface area contributed by atoms with Crippen LogP contribution in [0, 0.1) is 5.92 Å². The molecule has 0 aliphatic carbocycles. The predicted molar refractivity (Wildman–Crippen MR) is 72.5 cm³/mol. The topological polar surface area (TPSA) is 40.6 Å². The second-order valence-corrected chi connectivity index (χ2v) is 5.63. The Morgan fingerprint density at radius 3 is 2.33 bits per heavy atom. The Balaban J connectivity index is 2.46. The average molecular weight is 275 g/mol. The molecule has 18 heavy (non-hydrogen) atoms. The van der Waals surface area contributed by atoms with E-state index in [0.29, 0.717) is 31.4 Å². The summed E-state index contributed by atoms with van der Waals surface area (Å²) in [5.41, 5.74) is 0. The zero-order chi connectivity index (χ0) is 13.7. The van der Waals surface area contributed by atoms with Crippen molar-refractivity contribution in [3.05, 3.63) is 0 Å². The molecule has 104 valence electrons. The van der Waals surface area contributed by atoms with E-state index in [1.54, 1.807) is 9.80 Å². The van der Waals surface area contributed by atoms with Crippen LogP contribution in [0.1, 0.15) is 33.6 Å². The number of amides is 2. The van der Waals surface area contributed by atoms with E-state index < -0.39 is 0 Å². The number of rotatable bonds is 6. The summed E-state index contributed by atoms with van der Waals surface area (Å²) < 4.78 is 0.